The number of benzene rings is 3. The maximum atomic E-state index is 12.9. The monoisotopic (exact) mass is 486 g/mol. The third-order valence-corrected chi connectivity index (χ3v) is 6.28. The number of hydrogen-bond donors (Lipinski definition) is 1. The van der Waals surface area contributed by atoms with Gasteiger partial charge in [0.2, 0.25) is 0 Å². The average molecular weight is 487 g/mol. The third-order valence-electron chi connectivity index (χ3n) is 4.51. The van der Waals surface area contributed by atoms with Gasteiger partial charge >= 0.3 is 0 Å². The van der Waals surface area contributed by atoms with Crippen LogP contribution in [0.25, 0.3) is 11.6 Å². The van der Waals surface area contributed by atoms with Crippen LogP contribution in [0.15, 0.2) is 72.8 Å². The molecule has 0 aromatic heterocycles. The van der Waals surface area contributed by atoms with Gasteiger partial charge in [0.15, 0.2) is 0 Å². The van der Waals surface area contributed by atoms with Gasteiger partial charge in [0, 0.05) is 35.8 Å². The zero-order valence-corrected chi connectivity index (χ0v) is 19.3. The topological polar surface area (TPSA) is 72.2 Å². The molecule has 164 valence electrons. The standard InChI is InChI=1S/C24H20Cl2N2O3S/c25-22-10-9-18(15-23(22)26)16-32-12-11-27-24(29)21(19-6-2-1-3-7-19)14-17-5-4-8-20(13-17)28(30)31/h1-10,13-15H,11-12,16H2,(H,27,29)/b21-14+. The first-order chi connectivity index (χ1) is 15.4. The molecule has 0 radical (unpaired) electrons. The predicted molar refractivity (Wildman–Crippen MR) is 133 cm³/mol. The molecule has 0 saturated carbocycles. The summed E-state index contributed by atoms with van der Waals surface area (Å²) in [6, 6.07) is 21.0. The van der Waals surface area contributed by atoms with Gasteiger partial charge in [0.1, 0.15) is 0 Å². The van der Waals surface area contributed by atoms with Gasteiger partial charge in [0.25, 0.3) is 11.6 Å². The van der Waals surface area contributed by atoms with Crippen LogP contribution in [0.2, 0.25) is 10.0 Å². The SMILES string of the molecule is O=C(NCCSCc1ccc(Cl)c(Cl)c1)/C(=C/c1cccc([N+](=O)[O-])c1)c1ccccc1. The Hall–Kier alpha value is -2.80. The van der Waals surface area contributed by atoms with Crippen molar-refractivity contribution >= 4 is 58.2 Å². The van der Waals surface area contributed by atoms with E-state index in [1.807, 2.05) is 42.5 Å². The lowest BCUT2D eigenvalue weighted by molar-refractivity contribution is -0.384. The summed E-state index contributed by atoms with van der Waals surface area (Å²) in [5.41, 5.74) is 2.80. The molecule has 0 aliphatic carbocycles. The van der Waals surface area contributed by atoms with Crippen LogP contribution in [0.3, 0.4) is 0 Å². The summed E-state index contributed by atoms with van der Waals surface area (Å²) in [6.45, 7) is 0.476. The Balaban J connectivity index is 1.65. The Bertz CT molecular complexity index is 1140. The van der Waals surface area contributed by atoms with Crippen LogP contribution in [0.5, 0.6) is 0 Å². The molecule has 32 heavy (non-hydrogen) atoms. The van der Waals surface area contributed by atoms with Crippen molar-refractivity contribution in [1.29, 1.82) is 0 Å². The average Bonchev–Trinajstić information content (AvgIpc) is 2.80. The zero-order chi connectivity index (χ0) is 22.9. The highest BCUT2D eigenvalue weighted by atomic mass is 35.5. The van der Waals surface area contributed by atoms with Crippen LogP contribution in [0.1, 0.15) is 16.7 Å². The number of non-ortho nitro benzene ring substituents is 1. The Kier molecular flexibility index (Phi) is 8.73. The van der Waals surface area contributed by atoms with Gasteiger partial charge in [0.05, 0.1) is 15.0 Å². The molecule has 0 aliphatic rings. The third kappa shape index (κ3) is 6.85. The van der Waals surface area contributed by atoms with Crippen molar-refractivity contribution < 1.29 is 9.72 Å². The summed E-state index contributed by atoms with van der Waals surface area (Å²) >= 11 is 13.6. The van der Waals surface area contributed by atoms with E-state index in [0.717, 1.165) is 16.9 Å². The second kappa shape index (κ2) is 11.7. The molecule has 1 amide bonds. The second-order valence-corrected chi connectivity index (χ2v) is 8.75. The fraction of sp³-hybridized carbons (Fsp3) is 0.125. The molecule has 3 aromatic carbocycles. The van der Waals surface area contributed by atoms with Crippen LogP contribution >= 0.6 is 35.0 Å². The van der Waals surface area contributed by atoms with Gasteiger partial charge in [-0.15, -0.1) is 0 Å². The van der Waals surface area contributed by atoms with Crippen molar-refractivity contribution in [2.24, 2.45) is 0 Å². The van der Waals surface area contributed by atoms with Crippen LogP contribution < -0.4 is 5.32 Å². The molecule has 0 fully saturated rings. The minimum Gasteiger partial charge on any atom is -0.351 e. The van der Waals surface area contributed by atoms with Crippen molar-refractivity contribution in [2.45, 2.75) is 5.75 Å². The Labute approximate surface area is 200 Å². The number of thioether (sulfide) groups is 1. The van der Waals surface area contributed by atoms with Gasteiger partial charge in [-0.3, -0.25) is 14.9 Å². The Morgan fingerprint density at radius 3 is 2.50 bits per heavy atom. The van der Waals surface area contributed by atoms with E-state index in [1.165, 1.54) is 12.1 Å². The first-order valence-corrected chi connectivity index (χ1v) is 11.7. The quantitative estimate of drug-likeness (QED) is 0.123. The fourth-order valence-corrected chi connectivity index (χ4v) is 4.07. The zero-order valence-electron chi connectivity index (χ0n) is 17.0. The number of rotatable bonds is 9. The summed E-state index contributed by atoms with van der Waals surface area (Å²) in [5, 5.41) is 15.1. The van der Waals surface area contributed by atoms with E-state index in [1.54, 1.807) is 36.0 Å². The predicted octanol–water partition coefficient (Wildman–Crippen LogP) is 6.49. The summed E-state index contributed by atoms with van der Waals surface area (Å²) in [5.74, 6) is 1.23. The number of nitro benzene ring substituents is 1. The van der Waals surface area contributed by atoms with Gasteiger partial charge in [-0.25, -0.2) is 0 Å². The van der Waals surface area contributed by atoms with E-state index in [9.17, 15) is 14.9 Å². The largest absolute Gasteiger partial charge is 0.351 e. The van der Waals surface area contributed by atoms with Crippen molar-refractivity contribution in [3.05, 3.63) is 110 Å². The van der Waals surface area contributed by atoms with E-state index in [4.69, 9.17) is 23.2 Å². The Morgan fingerprint density at radius 2 is 1.78 bits per heavy atom. The smallest absolute Gasteiger partial charge is 0.270 e. The van der Waals surface area contributed by atoms with Crippen molar-refractivity contribution in [1.82, 2.24) is 5.32 Å². The molecular weight excluding hydrogens is 467 g/mol. The van der Waals surface area contributed by atoms with E-state index >= 15 is 0 Å². The number of nitrogens with one attached hydrogen (secondary N) is 1. The van der Waals surface area contributed by atoms with Crippen molar-refractivity contribution in [3.63, 3.8) is 0 Å². The molecule has 3 aromatic rings. The van der Waals surface area contributed by atoms with Gasteiger partial charge in [-0.05, 0) is 34.9 Å². The first kappa shape index (κ1) is 23.9. The summed E-state index contributed by atoms with van der Waals surface area (Å²) in [4.78, 5) is 23.5. The molecule has 0 heterocycles. The van der Waals surface area contributed by atoms with E-state index in [-0.39, 0.29) is 11.6 Å². The number of hydrogen-bond acceptors (Lipinski definition) is 4. The second-order valence-electron chi connectivity index (χ2n) is 6.83. The van der Waals surface area contributed by atoms with Gasteiger partial charge in [-0.2, -0.15) is 11.8 Å². The molecule has 8 heteroatoms. The molecule has 3 rings (SSSR count). The Morgan fingerprint density at radius 1 is 1.00 bits per heavy atom. The lowest BCUT2D eigenvalue weighted by atomic mass is 10.0. The van der Waals surface area contributed by atoms with Crippen LogP contribution in [-0.4, -0.2) is 23.1 Å². The molecular formula is C24H20Cl2N2O3S. The molecule has 1 N–H and O–H groups in total. The molecule has 0 atom stereocenters. The number of halogens is 2. The number of carbonyl (C=O) groups is 1. The fourth-order valence-electron chi connectivity index (χ4n) is 2.94. The summed E-state index contributed by atoms with van der Waals surface area (Å²) in [6.07, 6.45) is 1.67. The van der Waals surface area contributed by atoms with Crippen molar-refractivity contribution in [3.8, 4) is 0 Å². The van der Waals surface area contributed by atoms with Gasteiger partial charge < -0.3 is 5.32 Å². The highest BCUT2D eigenvalue weighted by Crippen LogP contribution is 2.25. The van der Waals surface area contributed by atoms with Crippen molar-refractivity contribution in [2.75, 3.05) is 12.3 Å². The van der Waals surface area contributed by atoms with Crippen LogP contribution in [0, 0.1) is 10.1 Å². The highest BCUT2D eigenvalue weighted by Gasteiger charge is 2.13. The van der Waals surface area contributed by atoms with Crippen LogP contribution in [0.4, 0.5) is 5.69 Å². The molecule has 5 nitrogen and oxygen atoms in total. The highest BCUT2D eigenvalue weighted by molar-refractivity contribution is 7.98. The van der Waals surface area contributed by atoms with E-state index in [0.29, 0.717) is 33.5 Å². The lowest BCUT2D eigenvalue weighted by Crippen LogP contribution is -2.26. The maximum absolute atomic E-state index is 12.9. The molecule has 0 bridgehead atoms. The lowest BCUT2D eigenvalue weighted by Gasteiger charge is -2.10. The van der Waals surface area contributed by atoms with Gasteiger partial charge in [-0.1, -0.05) is 71.7 Å². The summed E-state index contributed by atoms with van der Waals surface area (Å²) < 4.78 is 0. The molecule has 0 aliphatic heterocycles. The number of amides is 1. The number of nitrogens with zero attached hydrogens (tertiary/aromatic N) is 1. The summed E-state index contributed by atoms with van der Waals surface area (Å²) in [7, 11) is 0. The molecule has 0 saturated heterocycles. The van der Waals surface area contributed by atoms with E-state index in [2.05, 4.69) is 5.32 Å². The number of nitro groups is 1. The minimum absolute atomic E-state index is 0.0229. The molecule has 0 spiro atoms. The van der Waals surface area contributed by atoms with E-state index < -0.39 is 4.92 Å². The molecule has 0 unspecified atom stereocenters. The maximum Gasteiger partial charge on any atom is 0.270 e. The number of carbonyl (C=O) groups excluding carboxylic acids is 1. The normalized spacial score (nSPS) is 11.2. The first-order valence-electron chi connectivity index (χ1n) is 9.75. The van der Waals surface area contributed by atoms with Crippen LogP contribution in [-0.2, 0) is 10.5 Å². The minimum atomic E-state index is -0.454.